The number of aryl methyl sites for hydroxylation is 1. The highest BCUT2D eigenvalue weighted by molar-refractivity contribution is 7.15. The summed E-state index contributed by atoms with van der Waals surface area (Å²) >= 11 is 1.33. The average molecular weight is 426 g/mol. The molecule has 5 nitrogen and oxygen atoms in total. The van der Waals surface area contributed by atoms with Crippen LogP contribution in [0.5, 0.6) is 5.75 Å². The lowest BCUT2D eigenvalue weighted by atomic mass is 10.1. The first kappa shape index (κ1) is 19.2. The van der Waals surface area contributed by atoms with Gasteiger partial charge in [-0.1, -0.05) is 84.1 Å². The molecule has 0 unspecified atom stereocenters. The summed E-state index contributed by atoms with van der Waals surface area (Å²) in [5, 5.41) is 4.46. The van der Waals surface area contributed by atoms with E-state index < -0.39 is 0 Å². The zero-order valence-electron chi connectivity index (χ0n) is 16.9. The van der Waals surface area contributed by atoms with E-state index in [0.29, 0.717) is 21.9 Å². The van der Waals surface area contributed by atoms with E-state index in [1.807, 2.05) is 91.9 Å². The zero-order chi connectivity index (χ0) is 21.2. The van der Waals surface area contributed by atoms with Crippen LogP contribution < -0.4 is 14.8 Å². The van der Waals surface area contributed by atoms with Crippen LogP contribution in [0.4, 0.5) is 0 Å². The van der Waals surface area contributed by atoms with Crippen LogP contribution in [0.1, 0.15) is 16.7 Å². The quantitative estimate of drug-likeness (QED) is 0.422. The van der Waals surface area contributed by atoms with E-state index in [1.165, 1.54) is 15.9 Å². The molecule has 0 spiro atoms. The molecule has 0 atom stereocenters. The molecular formula is C25H19N3O2S. The third-order valence-electron chi connectivity index (χ3n) is 5.01. The summed E-state index contributed by atoms with van der Waals surface area (Å²) in [5.74, 6) is 1.30. The molecule has 31 heavy (non-hydrogen) atoms. The second-order valence-corrected chi connectivity index (χ2v) is 8.18. The summed E-state index contributed by atoms with van der Waals surface area (Å²) in [7, 11) is 0. The maximum Gasteiger partial charge on any atom is 0.291 e. The van der Waals surface area contributed by atoms with Crippen molar-refractivity contribution in [1.82, 2.24) is 14.6 Å². The summed E-state index contributed by atoms with van der Waals surface area (Å²) in [6.45, 7) is 2.47. The normalized spacial score (nSPS) is 11.8. The Bertz CT molecular complexity index is 1470. The Morgan fingerprint density at radius 2 is 1.71 bits per heavy atom. The topological polar surface area (TPSA) is 56.5 Å². The van der Waals surface area contributed by atoms with Gasteiger partial charge in [-0.05, 0) is 30.2 Å². The van der Waals surface area contributed by atoms with Crippen molar-refractivity contribution in [2.75, 3.05) is 0 Å². The van der Waals surface area contributed by atoms with Crippen LogP contribution in [-0.2, 0) is 6.61 Å². The molecule has 0 saturated carbocycles. The van der Waals surface area contributed by atoms with E-state index in [2.05, 4.69) is 10.1 Å². The van der Waals surface area contributed by atoms with Crippen LogP contribution >= 0.6 is 11.3 Å². The van der Waals surface area contributed by atoms with E-state index >= 15 is 0 Å². The van der Waals surface area contributed by atoms with Gasteiger partial charge in [0.15, 0.2) is 5.82 Å². The highest BCUT2D eigenvalue weighted by Gasteiger charge is 2.13. The van der Waals surface area contributed by atoms with Crippen molar-refractivity contribution in [3.05, 3.63) is 110 Å². The maximum absolute atomic E-state index is 13.0. The van der Waals surface area contributed by atoms with Crippen LogP contribution in [0.15, 0.2) is 83.7 Å². The van der Waals surface area contributed by atoms with Gasteiger partial charge in [-0.15, -0.1) is 5.10 Å². The van der Waals surface area contributed by atoms with Crippen molar-refractivity contribution >= 4 is 22.4 Å². The summed E-state index contributed by atoms with van der Waals surface area (Å²) in [4.78, 5) is 18.1. The zero-order valence-corrected chi connectivity index (χ0v) is 17.7. The number of para-hydroxylation sites is 1. The van der Waals surface area contributed by atoms with Crippen molar-refractivity contribution in [3.8, 4) is 17.1 Å². The number of hydrogen-bond acceptors (Lipinski definition) is 5. The lowest BCUT2D eigenvalue weighted by molar-refractivity contribution is 0.305. The summed E-state index contributed by atoms with van der Waals surface area (Å²) in [6, 6.07) is 25.6. The molecule has 152 valence electrons. The van der Waals surface area contributed by atoms with Gasteiger partial charge in [0.05, 0.1) is 4.53 Å². The van der Waals surface area contributed by atoms with E-state index in [9.17, 15) is 4.79 Å². The standard InChI is InChI=1S/C25H19N3O2S/c1-17-9-5-7-13-20(17)23-26-25-28(27-23)24(29)22(31-25)15-19-12-6-8-14-21(19)30-16-18-10-3-2-4-11-18/h2-15H,16H2,1H3/b22-15+. The van der Waals surface area contributed by atoms with Crippen LogP contribution in [0.3, 0.4) is 0 Å². The number of thiazole rings is 1. The fraction of sp³-hybridized carbons (Fsp3) is 0.0800. The number of ether oxygens (including phenoxy) is 1. The van der Waals surface area contributed by atoms with Gasteiger partial charge in [0.25, 0.3) is 5.56 Å². The third kappa shape index (κ3) is 3.85. The fourth-order valence-electron chi connectivity index (χ4n) is 3.38. The Hall–Kier alpha value is -3.77. The van der Waals surface area contributed by atoms with E-state index in [0.717, 1.165) is 28.0 Å². The maximum atomic E-state index is 13.0. The van der Waals surface area contributed by atoms with Gasteiger partial charge in [0, 0.05) is 11.1 Å². The van der Waals surface area contributed by atoms with Gasteiger partial charge in [0.2, 0.25) is 4.96 Å². The molecule has 0 amide bonds. The minimum absolute atomic E-state index is 0.176. The molecule has 0 aliphatic carbocycles. The van der Waals surface area contributed by atoms with Crippen molar-refractivity contribution < 1.29 is 4.74 Å². The molecule has 0 fully saturated rings. The van der Waals surface area contributed by atoms with Crippen LogP contribution in [0.25, 0.3) is 22.4 Å². The Labute approximate surface area is 182 Å². The van der Waals surface area contributed by atoms with Crippen molar-refractivity contribution in [1.29, 1.82) is 0 Å². The van der Waals surface area contributed by atoms with Gasteiger partial charge < -0.3 is 4.74 Å². The van der Waals surface area contributed by atoms with Gasteiger partial charge in [0.1, 0.15) is 12.4 Å². The van der Waals surface area contributed by atoms with E-state index in [1.54, 1.807) is 0 Å². The van der Waals surface area contributed by atoms with Crippen LogP contribution in [0.2, 0.25) is 0 Å². The number of benzene rings is 3. The number of aromatic nitrogens is 3. The van der Waals surface area contributed by atoms with Crippen molar-refractivity contribution in [2.45, 2.75) is 13.5 Å². The lowest BCUT2D eigenvalue weighted by Crippen LogP contribution is -2.23. The first-order valence-corrected chi connectivity index (χ1v) is 10.7. The first-order chi connectivity index (χ1) is 15.2. The van der Waals surface area contributed by atoms with E-state index in [4.69, 9.17) is 4.74 Å². The molecule has 6 heteroatoms. The van der Waals surface area contributed by atoms with E-state index in [-0.39, 0.29) is 5.56 Å². The number of fused-ring (bicyclic) bond motifs is 1. The van der Waals surface area contributed by atoms with Crippen LogP contribution in [0, 0.1) is 6.92 Å². The van der Waals surface area contributed by atoms with Crippen LogP contribution in [-0.4, -0.2) is 14.6 Å². The summed E-state index contributed by atoms with van der Waals surface area (Å²) < 4.78 is 7.97. The molecule has 0 radical (unpaired) electrons. The van der Waals surface area contributed by atoms with Gasteiger partial charge >= 0.3 is 0 Å². The minimum atomic E-state index is -0.176. The second kappa shape index (κ2) is 8.16. The Morgan fingerprint density at radius 1 is 0.968 bits per heavy atom. The molecule has 0 N–H and O–H groups in total. The molecule has 3 aromatic carbocycles. The number of nitrogens with zero attached hydrogens (tertiary/aromatic N) is 3. The smallest absolute Gasteiger partial charge is 0.291 e. The number of hydrogen-bond donors (Lipinski definition) is 0. The Balaban J connectivity index is 1.49. The third-order valence-corrected chi connectivity index (χ3v) is 5.97. The Morgan fingerprint density at radius 3 is 2.52 bits per heavy atom. The predicted octanol–water partition coefficient (Wildman–Crippen LogP) is 4.25. The van der Waals surface area contributed by atoms with Gasteiger partial charge in [-0.3, -0.25) is 4.79 Å². The van der Waals surface area contributed by atoms with Crippen molar-refractivity contribution in [2.24, 2.45) is 0 Å². The first-order valence-electron chi connectivity index (χ1n) is 9.92. The SMILES string of the molecule is Cc1ccccc1-c1nc2s/c(=C/c3ccccc3OCc3ccccc3)c(=O)n2n1. The monoisotopic (exact) mass is 425 g/mol. The molecule has 2 aromatic heterocycles. The molecule has 0 aliphatic rings. The average Bonchev–Trinajstić information content (AvgIpc) is 3.33. The molecule has 0 bridgehead atoms. The Kier molecular flexibility index (Phi) is 5.06. The second-order valence-electron chi connectivity index (χ2n) is 7.17. The van der Waals surface area contributed by atoms with Gasteiger partial charge in [-0.2, -0.15) is 9.50 Å². The highest BCUT2D eigenvalue weighted by Crippen LogP contribution is 2.22. The molecule has 2 heterocycles. The molecular weight excluding hydrogens is 406 g/mol. The predicted molar refractivity (Wildman–Crippen MR) is 123 cm³/mol. The summed E-state index contributed by atoms with van der Waals surface area (Å²) in [6.07, 6.45) is 1.84. The van der Waals surface area contributed by atoms with Crippen molar-refractivity contribution in [3.63, 3.8) is 0 Å². The largest absolute Gasteiger partial charge is 0.488 e. The fourth-order valence-corrected chi connectivity index (χ4v) is 4.28. The molecule has 0 aliphatic heterocycles. The highest BCUT2D eigenvalue weighted by atomic mass is 32.1. The molecule has 5 rings (SSSR count). The molecule has 5 aromatic rings. The summed E-state index contributed by atoms with van der Waals surface area (Å²) in [5.41, 5.74) is 3.76. The lowest BCUT2D eigenvalue weighted by Gasteiger charge is -2.08. The van der Waals surface area contributed by atoms with Gasteiger partial charge in [-0.25, -0.2) is 0 Å². The number of rotatable bonds is 5. The minimum Gasteiger partial charge on any atom is -0.488 e. The molecule has 0 saturated heterocycles.